The Morgan fingerprint density at radius 1 is 1.00 bits per heavy atom. The summed E-state index contributed by atoms with van der Waals surface area (Å²) in [7, 11) is 1.63. The van der Waals surface area contributed by atoms with E-state index < -0.39 is 0 Å². The third kappa shape index (κ3) is 3.57. The number of hydrogen-bond donors (Lipinski definition) is 0. The monoisotopic (exact) mass is 416 g/mol. The SMILES string of the molecule is COc1ccccc1COc1cc(C)c2c(c1)O/C(=C\c1ccc3c(c1)OCO3)C2=O. The third-order valence-corrected chi connectivity index (χ3v) is 5.22. The van der Waals surface area contributed by atoms with Crippen molar-refractivity contribution in [3.63, 3.8) is 0 Å². The van der Waals surface area contributed by atoms with Gasteiger partial charge in [-0.2, -0.15) is 0 Å². The Balaban J connectivity index is 1.38. The smallest absolute Gasteiger partial charge is 0.232 e. The molecule has 0 unspecified atom stereocenters. The first-order valence-corrected chi connectivity index (χ1v) is 9.85. The van der Waals surface area contributed by atoms with Crippen LogP contribution in [0.15, 0.2) is 60.4 Å². The molecule has 31 heavy (non-hydrogen) atoms. The van der Waals surface area contributed by atoms with Gasteiger partial charge in [-0.3, -0.25) is 4.79 Å². The molecule has 6 nitrogen and oxygen atoms in total. The first-order valence-electron chi connectivity index (χ1n) is 9.85. The number of ether oxygens (including phenoxy) is 5. The van der Waals surface area contributed by atoms with Crippen molar-refractivity contribution in [2.75, 3.05) is 13.9 Å². The molecule has 0 saturated heterocycles. The number of carbonyl (C=O) groups excluding carboxylic acids is 1. The Bertz CT molecular complexity index is 1210. The highest BCUT2D eigenvalue weighted by molar-refractivity contribution is 6.15. The lowest BCUT2D eigenvalue weighted by Gasteiger charge is -2.11. The molecule has 3 aromatic rings. The summed E-state index contributed by atoms with van der Waals surface area (Å²) in [5.74, 6) is 3.34. The first-order chi connectivity index (χ1) is 15.1. The molecular weight excluding hydrogens is 396 g/mol. The van der Waals surface area contributed by atoms with Crippen LogP contribution in [0.2, 0.25) is 0 Å². The molecule has 2 aliphatic heterocycles. The van der Waals surface area contributed by atoms with Crippen LogP contribution in [-0.4, -0.2) is 19.7 Å². The second-order valence-electron chi connectivity index (χ2n) is 7.27. The fourth-order valence-corrected chi connectivity index (χ4v) is 3.70. The van der Waals surface area contributed by atoms with E-state index >= 15 is 0 Å². The Morgan fingerprint density at radius 2 is 1.84 bits per heavy atom. The third-order valence-electron chi connectivity index (χ3n) is 5.22. The van der Waals surface area contributed by atoms with Gasteiger partial charge in [-0.05, 0) is 48.4 Å². The van der Waals surface area contributed by atoms with E-state index in [-0.39, 0.29) is 18.3 Å². The van der Waals surface area contributed by atoms with Gasteiger partial charge in [0.05, 0.1) is 12.7 Å². The number of allylic oxidation sites excluding steroid dienone is 1. The number of hydrogen-bond acceptors (Lipinski definition) is 6. The number of fused-ring (bicyclic) bond motifs is 2. The van der Waals surface area contributed by atoms with Crippen molar-refractivity contribution in [3.8, 4) is 28.7 Å². The van der Waals surface area contributed by atoms with Gasteiger partial charge in [0.25, 0.3) is 0 Å². The van der Waals surface area contributed by atoms with Gasteiger partial charge in [-0.1, -0.05) is 24.3 Å². The fourth-order valence-electron chi connectivity index (χ4n) is 3.70. The maximum atomic E-state index is 12.9. The molecule has 6 heteroatoms. The number of ketones is 1. The molecule has 0 N–H and O–H groups in total. The Labute approximate surface area is 179 Å². The lowest BCUT2D eigenvalue weighted by atomic mass is 10.0. The van der Waals surface area contributed by atoms with Gasteiger partial charge in [0, 0.05) is 11.6 Å². The Hall–Kier alpha value is -3.93. The summed E-state index contributed by atoms with van der Waals surface area (Å²) in [5, 5.41) is 0. The number of benzene rings is 3. The molecule has 0 spiro atoms. The Kier molecular flexibility index (Phi) is 4.75. The summed E-state index contributed by atoms with van der Waals surface area (Å²) in [6, 6.07) is 16.8. The van der Waals surface area contributed by atoms with E-state index in [9.17, 15) is 4.79 Å². The van der Waals surface area contributed by atoms with Gasteiger partial charge in [-0.25, -0.2) is 0 Å². The van der Waals surface area contributed by atoms with Gasteiger partial charge in [0.2, 0.25) is 12.6 Å². The Morgan fingerprint density at radius 3 is 2.71 bits per heavy atom. The number of methoxy groups -OCH3 is 1. The predicted molar refractivity (Wildman–Crippen MR) is 114 cm³/mol. The second-order valence-corrected chi connectivity index (χ2v) is 7.27. The maximum absolute atomic E-state index is 12.9. The number of para-hydroxylation sites is 1. The molecule has 2 heterocycles. The van der Waals surface area contributed by atoms with Crippen molar-refractivity contribution < 1.29 is 28.5 Å². The van der Waals surface area contributed by atoms with Crippen LogP contribution in [0.1, 0.15) is 27.0 Å². The largest absolute Gasteiger partial charge is 0.496 e. The molecule has 0 bridgehead atoms. The van der Waals surface area contributed by atoms with E-state index in [2.05, 4.69) is 0 Å². The number of carbonyl (C=O) groups is 1. The molecule has 3 aromatic carbocycles. The van der Waals surface area contributed by atoms with Crippen molar-refractivity contribution in [1.82, 2.24) is 0 Å². The standard InChI is InChI=1S/C25H20O6/c1-15-9-18(28-13-17-5-3-4-6-19(17)27-2)12-22-24(15)25(26)23(31-22)11-16-7-8-20-21(10-16)30-14-29-20/h3-12H,13-14H2,1-2H3/b23-11-. The van der Waals surface area contributed by atoms with Gasteiger partial charge < -0.3 is 23.7 Å². The summed E-state index contributed by atoms with van der Waals surface area (Å²) in [4.78, 5) is 12.9. The molecule has 0 aromatic heterocycles. The van der Waals surface area contributed by atoms with E-state index in [0.717, 1.165) is 22.4 Å². The lowest BCUT2D eigenvalue weighted by Crippen LogP contribution is -2.00. The molecular formula is C25H20O6. The van der Waals surface area contributed by atoms with Crippen LogP contribution in [0, 0.1) is 6.92 Å². The minimum atomic E-state index is -0.151. The van der Waals surface area contributed by atoms with Crippen LogP contribution >= 0.6 is 0 Å². The van der Waals surface area contributed by atoms with E-state index in [0.29, 0.717) is 35.2 Å². The molecule has 0 saturated carbocycles. The van der Waals surface area contributed by atoms with Crippen LogP contribution in [-0.2, 0) is 6.61 Å². The topological polar surface area (TPSA) is 63.2 Å². The fraction of sp³-hybridized carbons (Fsp3) is 0.160. The lowest BCUT2D eigenvalue weighted by molar-refractivity contribution is 0.101. The zero-order valence-corrected chi connectivity index (χ0v) is 17.1. The number of aryl methyl sites for hydroxylation is 1. The predicted octanol–water partition coefficient (Wildman–Crippen LogP) is 4.93. The number of rotatable bonds is 5. The molecule has 0 amide bonds. The molecule has 156 valence electrons. The van der Waals surface area contributed by atoms with Crippen molar-refractivity contribution >= 4 is 11.9 Å². The van der Waals surface area contributed by atoms with Crippen molar-refractivity contribution in [2.45, 2.75) is 13.5 Å². The van der Waals surface area contributed by atoms with E-state index in [4.69, 9.17) is 23.7 Å². The zero-order valence-electron chi connectivity index (χ0n) is 17.1. The van der Waals surface area contributed by atoms with Crippen LogP contribution in [0.4, 0.5) is 0 Å². The normalized spacial score (nSPS) is 15.0. The van der Waals surface area contributed by atoms with Crippen molar-refractivity contribution in [2.24, 2.45) is 0 Å². The van der Waals surface area contributed by atoms with Crippen LogP contribution < -0.4 is 23.7 Å². The summed E-state index contributed by atoms with van der Waals surface area (Å²) in [6.45, 7) is 2.42. The molecule has 0 atom stereocenters. The van der Waals surface area contributed by atoms with E-state index in [1.807, 2.05) is 55.5 Å². The summed E-state index contributed by atoms with van der Waals surface area (Å²) >= 11 is 0. The summed E-state index contributed by atoms with van der Waals surface area (Å²) in [5.41, 5.74) is 3.08. The van der Waals surface area contributed by atoms with Gasteiger partial charge >= 0.3 is 0 Å². The summed E-state index contributed by atoms with van der Waals surface area (Å²) in [6.07, 6.45) is 1.71. The first kappa shape index (κ1) is 19.1. The second kappa shape index (κ2) is 7.72. The van der Waals surface area contributed by atoms with Gasteiger partial charge in [0.1, 0.15) is 23.9 Å². The average Bonchev–Trinajstić information content (AvgIpc) is 3.36. The van der Waals surface area contributed by atoms with Crippen molar-refractivity contribution in [1.29, 1.82) is 0 Å². The minimum Gasteiger partial charge on any atom is -0.496 e. The molecule has 2 aliphatic rings. The van der Waals surface area contributed by atoms with Crippen LogP contribution in [0.25, 0.3) is 6.08 Å². The molecule has 0 radical (unpaired) electrons. The zero-order chi connectivity index (χ0) is 21.4. The molecule has 5 rings (SSSR count). The van der Waals surface area contributed by atoms with E-state index in [1.165, 1.54) is 0 Å². The van der Waals surface area contributed by atoms with Gasteiger partial charge in [0.15, 0.2) is 17.3 Å². The number of Topliss-reactive ketones (excluding diaryl/α,β-unsaturated/α-hetero) is 1. The van der Waals surface area contributed by atoms with Crippen LogP contribution in [0.3, 0.4) is 0 Å². The van der Waals surface area contributed by atoms with Gasteiger partial charge in [-0.15, -0.1) is 0 Å². The quantitative estimate of drug-likeness (QED) is 0.550. The average molecular weight is 416 g/mol. The highest BCUT2D eigenvalue weighted by Gasteiger charge is 2.30. The highest BCUT2D eigenvalue weighted by atomic mass is 16.7. The summed E-state index contributed by atoms with van der Waals surface area (Å²) < 4.78 is 28.0. The van der Waals surface area contributed by atoms with Crippen molar-refractivity contribution in [3.05, 3.63) is 82.6 Å². The van der Waals surface area contributed by atoms with E-state index in [1.54, 1.807) is 19.3 Å². The molecule has 0 fully saturated rings. The highest BCUT2D eigenvalue weighted by Crippen LogP contribution is 2.39. The van der Waals surface area contributed by atoms with Crippen LogP contribution in [0.5, 0.6) is 28.7 Å². The minimum absolute atomic E-state index is 0.151. The molecule has 0 aliphatic carbocycles. The maximum Gasteiger partial charge on any atom is 0.232 e.